The van der Waals surface area contributed by atoms with Crippen LogP contribution >= 0.6 is 0 Å². The normalized spacial score (nSPS) is 12.8. The molecule has 0 saturated carbocycles. The van der Waals surface area contributed by atoms with Gasteiger partial charge in [-0.3, -0.25) is 4.90 Å². The van der Waals surface area contributed by atoms with E-state index in [-0.39, 0.29) is 5.91 Å². The van der Waals surface area contributed by atoms with Crippen LogP contribution in [0.2, 0.25) is 0 Å². The van der Waals surface area contributed by atoms with Gasteiger partial charge in [0.1, 0.15) is 6.54 Å². The van der Waals surface area contributed by atoms with Crippen molar-refractivity contribution in [1.82, 2.24) is 0 Å². The molecule has 0 fully saturated rings. The quantitative estimate of drug-likeness (QED) is 0.468. The fraction of sp³-hybridized carbons (Fsp3) is 0.500. The van der Waals surface area contributed by atoms with Gasteiger partial charge in [0, 0.05) is 0 Å². The van der Waals surface area contributed by atoms with Crippen LogP contribution in [0.25, 0.3) is 0 Å². The van der Waals surface area contributed by atoms with Gasteiger partial charge in [-0.2, -0.15) is 0 Å². The van der Waals surface area contributed by atoms with Crippen LogP contribution in [0.4, 0.5) is 0 Å². The molecular formula is C6H12NO+. The summed E-state index contributed by atoms with van der Waals surface area (Å²) in [6.07, 6.45) is 1.73. The SMILES string of the molecule is C=CC[NH+](C)C(C)=O. The third kappa shape index (κ3) is 2.53. The van der Waals surface area contributed by atoms with Crippen molar-refractivity contribution in [2.45, 2.75) is 6.92 Å². The molecule has 0 aliphatic carbocycles. The number of likely N-dealkylation sites (N-methyl/N-ethyl adjacent to an activating group) is 1. The Morgan fingerprint density at radius 3 is 2.50 bits per heavy atom. The number of hydrogen-bond acceptors (Lipinski definition) is 1. The van der Waals surface area contributed by atoms with Crippen molar-refractivity contribution in [3.8, 4) is 0 Å². The lowest BCUT2D eigenvalue weighted by atomic mass is 10.5. The van der Waals surface area contributed by atoms with Crippen molar-refractivity contribution in [3.63, 3.8) is 0 Å². The summed E-state index contributed by atoms with van der Waals surface area (Å²) in [6, 6.07) is 0. The number of carbonyl (C=O) groups excluding carboxylic acids is 1. The van der Waals surface area contributed by atoms with E-state index in [1.807, 2.05) is 7.05 Å². The molecule has 2 heteroatoms. The second-order valence-electron chi connectivity index (χ2n) is 1.83. The average molecular weight is 114 g/mol. The maximum absolute atomic E-state index is 10.4. The molecule has 0 rings (SSSR count). The molecule has 0 spiro atoms. The molecule has 0 saturated heterocycles. The number of nitrogens with one attached hydrogen (secondary N) is 1. The van der Waals surface area contributed by atoms with Crippen LogP contribution < -0.4 is 4.90 Å². The van der Waals surface area contributed by atoms with E-state index in [0.29, 0.717) is 0 Å². The van der Waals surface area contributed by atoms with Crippen LogP contribution in [0, 0.1) is 0 Å². The fourth-order valence-corrected chi connectivity index (χ4v) is 0.360. The number of hydrogen-bond donors (Lipinski definition) is 1. The van der Waals surface area contributed by atoms with E-state index in [9.17, 15) is 4.79 Å². The number of carbonyl (C=O) groups is 1. The maximum atomic E-state index is 10.4. The lowest BCUT2D eigenvalue weighted by molar-refractivity contribution is -0.790. The Labute approximate surface area is 49.8 Å². The monoisotopic (exact) mass is 114 g/mol. The maximum Gasteiger partial charge on any atom is 0.309 e. The molecule has 1 atom stereocenters. The van der Waals surface area contributed by atoms with E-state index < -0.39 is 0 Å². The molecule has 0 bridgehead atoms. The van der Waals surface area contributed by atoms with E-state index in [1.165, 1.54) is 0 Å². The zero-order valence-corrected chi connectivity index (χ0v) is 5.40. The summed E-state index contributed by atoms with van der Waals surface area (Å²) in [5.41, 5.74) is 0. The third-order valence-electron chi connectivity index (χ3n) is 1.05. The zero-order valence-electron chi connectivity index (χ0n) is 5.40. The Morgan fingerprint density at radius 2 is 2.38 bits per heavy atom. The second-order valence-corrected chi connectivity index (χ2v) is 1.83. The van der Waals surface area contributed by atoms with Crippen LogP contribution in [0.5, 0.6) is 0 Å². The highest BCUT2D eigenvalue weighted by molar-refractivity contribution is 5.62. The van der Waals surface area contributed by atoms with Crippen molar-refractivity contribution < 1.29 is 9.69 Å². The zero-order chi connectivity index (χ0) is 6.57. The number of amides is 1. The topological polar surface area (TPSA) is 21.5 Å². The largest absolute Gasteiger partial charge is 0.309 e. The van der Waals surface area contributed by atoms with Crippen molar-refractivity contribution in [1.29, 1.82) is 0 Å². The molecule has 2 nitrogen and oxygen atoms in total. The lowest BCUT2D eigenvalue weighted by Gasteiger charge is -2.03. The Hall–Kier alpha value is -0.630. The summed E-state index contributed by atoms with van der Waals surface area (Å²) in [5, 5.41) is 0. The molecule has 0 aromatic carbocycles. The van der Waals surface area contributed by atoms with Crippen LogP contribution in [0.3, 0.4) is 0 Å². The van der Waals surface area contributed by atoms with E-state index in [2.05, 4.69) is 6.58 Å². The summed E-state index contributed by atoms with van der Waals surface area (Å²) in [5.74, 6) is 0.157. The number of quaternary nitrogens is 1. The molecule has 0 aromatic heterocycles. The van der Waals surface area contributed by atoms with Gasteiger partial charge in [0.25, 0.3) is 0 Å². The van der Waals surface area contributed by atoms with Gasteiger partial charge in [0.15, 0.2) is 0 Å². The molecule has 0 heterocycles. The van der Waals surface area contributed by atoms with Crippen LogP contribution in [0.15, 0.2) is 12.7 Å². The molecular weight excluding hydrogens is 102 g/mol. The van der Waals surface area contributed by atoms with Gasteiger partial charge in [0.05, 0.1) is 14.0 Å². The first-order valence-corrected chi connectivity index (χ1v) is 2.62. The minimum Gasteiger partial charge on any atom is -0.271 e. The van der Waals surface area contributed by atoms with E-state index in [0.717, 1.165) is 11.4 Å². The lowest BCUT2D eigenvalue weighted by Crippen LogP contribution is -3.11. The summed E-state index contributed by atoms with van der Waals surface area (Å²) in [6.45, 7) is 5.80. The van der Waals surface area contributed by atoms with Crippen molar-refractivity contribution >= 4 is 5.91 Å². The highest BCUT2D eigenvalue weighted by Gasteiger charge is 2.02. The fourth-order valence-electron chi connectivity index (χ4n) is 0.360. The highest BCUT2D eigenvalue weighted by Crippen LogP contribution is 1.50. The van der Waals surface area contributed by atoms with Gasteiger partial charge in [-0.25, -0.2) is 4.79 Å². The van der Waals surface area contributed by atoms with Gasteiger partial charge in [-0.15, -0.1) is 0 Å². The van der Waals surface area contributed by atoms with Crippen molar-refractivity contribution in [3.05, 3.63) is 12.7 Å². The second kappa shape index (κ2) is 3.38. The average Bonchev–Trinajstić information content (AvgIpc) is 1.67. The molecule has 8 heavy (non-hydrogen) atoms. The Morgan fingerprint density at radius 1 is 1.88 bits per heavy atom. The molecule has 1 N–H and O–H groups in total. The summed E-state index contributed by atoms with van der Waals surface area (Å²) >= 11 is 0. The smallest absolute Gasteiger partial charge is 0.271 e. The molecule has 0 aromatic rings. The molecule has 1 amide bonds. The first-order chi connectivity index (χ1) is 3.68. The summed E-state index contributed by atoms with van der Waals surface area (Å²) in [4.78, 5) is 11.3. The standard InChI is InChI=1S/C6H11NO/c1-4-5-7(3)6(2)8/h4H,1,5H2,2-3H3/p+1. The molecule has 0 radical (unpaired) electrons. The van der Waals surface area contributed by atoms with Gasteiger partial charge in [-0.05, 0) is 6.08 Å². The Bertz CT molecular complexity index is 98.7. The summed E-state index contributed by atoms with van der Waals surface area (Å²) < 4.78 is 0. The first-order valence-electron chi connectivity index (χ1n) is 2.62. The predicted molar refractivity (Wildman–Crippen MR) is 32.6 cm³/mol. The molecule has 0 aliphatic heterocycles. The van der Waals surface area contributed by atoms with Crippen LogP contribution in [-0.4, -0.2) is 19.5 Å². The van der Waals surface area contributed by atoms with E-state index in [4.69, 9.17) is 0 Å². The van der Waals surface area contributed by atoms with Crippen molar-refractivity contribution in [2.24, 2.45) is 0 Å². The molecule has 1 unspecified atom stereocenters. The minimum atomic E-state index is 0.157. The van der Waals surface area contributed by atoms with E-state index >= 15 is 0 Å². The van der Waals surface area contributed by atoms with Gasteiger partial charge >= 0.3 is 5.91 Å². The Kier molecular flexibility index (Phi) is 3.12. The van der Waals surface area contributed by atoms with E-state index in [1.54, 1.807) is 13.0 Å². The number of rotatable bonds is 2. The van der Waals surface area contributed by atoms with Crippen molar-refractivity contribution in [2.75, 3.05) is 13.6 Å². The first kappa shape index (κ1) is 7.37. The predicted octanol–water partition coefficient (Wildman–Crippen LogP) is -0.766. The van der Waals surface area contributed by atoms with Gasteiger partial charge in [0.2, 0.25) is 0 Å². The van der Waals surface area contributed by atoms with Crippen LogP contribution in [0.1, 0.15) is 6.92 Å². The minimum absolute atomic E-state index is 0.157. The van der Waals surface area contributed by atoms with Gasteiger partial charge in [-0.1, -0.05) is 6.58 Å². The molecule has 0 aliphatic rings. The summed E-state index contributed by atoms with van der Waals surface area (Å²) in [7, 11) is 1.82. The third-order valence-corrected chi connectivity index (χ3v) is 1.05. The molecule has 46 valence electrons. The highest BCUT2D eigenvalue weighted by atomic mass is 16.2. The van der Waals surface area contributed by atoms with Gasteiger partial charge < -0.3 is 0 Å². The Balaban J connectivity index is 3.46. The van der Waals surface area contributed by atoms with Crippen LogP contribution in [-0.2, 0) is 4.79 Å².